The van der Waals surface area contributed by atoms with Gasteiger partial charge in [0.25, 0.3) is 0 Å². The van der Waals surface area contributed by atoms with Crippen LogP contribution in [-0.4, -0.2) is 11.6 Å². The summed E-state index contributed by atoms with van der Waals surface area (Å²) >= 11 is 0. The highest BCUT2D eigenvalue weighted by atomic mass is 16.5. The van der Waals surface area contributed by atoms with E-state index < -0.39 is 0 Å². The Balaban J connectivity index is 1.71. The number of ether oxygens (including phenoxy) is 2. The minimum Gasteiger partial charge on any atom is -0.491 e. The first-order valence-electron chi connectivity index (χ1n) is 5.87. The van der Waals surface area contributed by atoms with Gasteiger partial charge in [0, 0.05) is 24.0 Å². The van der Waals surface area contributed by atoms with Crippen molar-refractivity contribution in [2.24, 2.45) is 5.73 Å². The smallest absolute Gasteiger partial charge is 0.127 e. The maximum absolute atomic E-state index is 5.89. The van der Waals surface area contributed by atoms with Gasteiger partial charge in [-0.2, -0.15) is 0 Å². The number of rotatable bonds is 3. The molecule has 4 heteroatoms. The first kappa shape index (κ1) is 11.0. The Labute approximate surface area is 105 Å². The number of nitrogens with zero attached hydrogens (tertiary/aromatic N) is 1. The van der Waals surface area contributed by atoms with Crippen molar-refractivity contribution in [1.29, 1.82) is 0 Å². The van der Waals surface area contributed by atoms with Crippen molar-refractivity contribution in [2.45, 2.75) is 12.6 Å². The summed E-state index contributed by atoms with van der Waals surface area (Å²) in [4.78, 5) is 3.97. The summed E-state index contributed by atoms with van der Waals surface area (Å²) in [5.74, 6) is 1.62. The molecule has 1 unspecified atom stereocenters. The lowest BCUT2D eigenvalue weighted by Crippen LogP contribution is -2.10. The molecule has 2 N–H and O–H groups in total. The molecule has 92 valence electrons. The third kappa shape index (κ3) is 2.15. The molecular formula is C14H14N2O2. The molecule has 1 aliphatic heterocycles. The van der Waals surface area contributed by atoms with Crippen LogP contribution >= 0.6 is 0 Å². The Bertz CT molecular complexity index is 543. The van der Waals surface area contributed by atoms with Gasteiger partial charge in [0.1, 0.15) is 24.7 Å². The summed E-state index contributed by atoms with van der Waals surface area (Å²) in [6, 6.07) is 9.63. The minimum absolute atomic E-state index is 0.0192. The molecular weight excluding hydrogens is 228 g/mol. The first-order valence-corrected chi connectivity index (χ1v) is 5.87. The second-order valence-electron chi connectivity index (χ2n) is 4.26. The molecule has 0 fully saturated rings. The van der Waals surface area contributed by atoms with Crippen LogP contribution in [0.2, 0.25) is 0 Å². The van der Waals surface area contributed by atoms with Crippen LogP contribution in [0.5, 0.6) is 11.5 Å². The Morgan fingerprint density at radius 2 is 2.11 bits per heavy atom. The number of pyridine rings is 1. The molecule has 0 amide bonds. The van der Waals surface area contributed by atoms with Gasteiger partial charge in [-0.3, -0.25) is 4.98 Å². The Hall–Kier alpha value is -2.07. The summed E-state index contributed by atoms with van der Waals surface area (Å²) in [5, 5.41) is 0. The van der Waals surface area contributed by atoms with Crippen LogP contribution in [-0.2, 0) is 6.61 Å². The monoisotopic (exact) mass is 242 g/mol. The molecule has 18 heavy (non-hydrogen) atoms. The van der Waals surface area contributed by atoms with E-state index in [1.54, 1.807) is 12.4 Å². The van der Waals surface area contributed by atoms with E-state index in [1.165, 1.54) is 0 Å². The summed E-state index contributed by atoms with van der Waals surface area (Å²) in [6.07, 6.45) is 3.51. The molecule has 1 aromatic heterocycles. The fraction of sp³-hybridized carbons (Fsp3) is 0.214. The molecule has 3 rings (SSSR count). The molecule has 0 saturated carbocycles. The normalized spacial score (nSPS) is 17.1. The van der Waals surface area contributed by atoms with Crippen LogP contribution in [0.15, 0.2) is 42.7 Å². The van der Waals surface area contributed by atoms with Crippen LogP contribution in [0.1, 0.15) is 17.2 Å². The third-order valence-corrected chi connectivity index (χ3v) is 2.96. The third-order valence-electron chi connectivity index (χ3n) is 2.96. The molecule has 4 nitrogen and oxygen atoms in total. The highest BCUT2D eigenvalue weighted by Gasteiger charge is 2.20. The van der Waals surface area contributed by atoms with Crippen LogP contribution < -0.4 is 15.2 Å². The average Bonchev–Trinajstić information content (AvgIpc) is 2.79. The topological polar surface area (TPSA) is 57.4 Å². The molecule has 0 aliphatic carbocycles. The number of aromatic nitrogens is 1. The van der Waals surface area contributed by atoms with Gasteiger partial charge in [0.05, 0.1) is 6.04 Å². The molecule has 2 aromatic rings. The average molecular weight is 242 g/mol. The number of fused-ring (bicyclic) bond motifs is 1. The molecule has 0 saturated heterocycles. The molecule has 0 bridgehead atoms. The zero-order valence-electron chi connectivity index (χ0n) is 9.87. The second kappa shape index (κ2) is 4.66. The maximum atomic E-state index is 5.89. The van der Waals surface area contributed by atoms with Crippen molar-refractivity contribution >= 4 is 0 Å². The van der Waals surface area contributed by atoms with Crippen molar-refractivity contribution in [3.63, 3.8) is 0 Å². The SMILES string of the molecule is NC1COc2cc(OCc3ccncc3)ccc21. The zero-order valence-corrected chi connectivity index (χ0v) is 9.87. The zero-order chi connectivity index (χ0) is 12.4. The summed E-state index contributed by atoms with van der Waals surface area (Å²) in [6.45, 7) is 1.07. The molecule has 2 heterocycles. The fourth-order valence-electron chi connectivity index (χ4n) is 1.95. The van der Waals surface area contributed by atoms with Gasteiger partial charge in [0.2, 0.25) is 0 Å². The lowest BCUT2D eigenvalue weighted by Gasteiger charge is -2.08. The van der Waals surface area contributed by atoms with E-state index in [2.05, 4.69) is 4.98 Å². The van der Waals surface area contributed by atoms with Gasteiger partial charge in [0.15, 0.2) is 0 Å². The largest absolute Gasteiger partial charge is 0.491 e. The van der Waals surface area contributed by atoms with Gasteiger partial charge in [-0.25, -0.2) is 0 Å². The standard InChI is InChI=1S/C14H14N2O2/c15-13-9-18-14-7-11(1-2-12(13)14)17-8-10-3-5-16-6-4-10/h1-7,13H,8-9,15H2. The second-order valence-corrected chi connectivity index (χ2v) is 4.26. The van der Waals surface area contributed by atoms with E-state index in [4.69, 9.17) is 15.2 Å². The molecule has 0 spiro atoms. The van der Waals surface area contributed by atoms with E-state index >= 15 is 0 Å². The van der Waals surface area contributed by atoms with Crippen LogP contribution in [0.3, 0.4) is 0 Å². The van der Waals surface area contributed by atoms with E-state index in [1.807, 2.05) is 30.3 Å². The summed E-state index contributed by atoms with van der Waals surface area (Å²) in [5.41, 5.74) is 8.02. The number of benzene rings is 1. The van der Waals surface area contributed by atoms with Gasteiger partial charge < -0.3 is 15.2 Å². The van der Waals surface area contributed by atoms with Crippen LogP contribution in [0, 0.1) is 0 Å². The first-order chi connectivity index (χ1) is 8.83. The highest BCUT2D eigenvalue weighted by molar-refractivity contribution is 5.44. The molecule has 0 radical (unpaired) electrons. The fourth-order valence-corrected chi connectivity index (χ4v) is 1.95. The van der Waals surface area contributed by atoms with Crippen molar-refractivity contribution in [2.75, 3.05) is 6.61 Å². The van der Waals surface area contributed by atoms with Crippen molar-refractivity contribution in [3.8, 4) is 11.5 Å². The van der Waals surface area contributed by atoms with Crippen LogP contribution in [0.25, 0.3) is 0 Å². The van der Waals surface area contributed by atoms with E-state index in [9.17, 15) is 0 Å². The van der Waals surface area contributed by atoms with E-state index in [-0.39, 0.29) is 6.04 Å². The summed E-state index contributed by atoms with van der Waals surface area (Å²) < 4.78 is 11.2. The predicted molar refractivity (Wildman–Crippen MR) is 67.4 cm³/mol. The molecule has 1 aromatic carbocycles. The van der Waals surface area contributed by atoms with E-state index in [0.717, 1.165) is 22.6 Å². The highest BCUT2D eigenvalue weighted by Crippen LogP contribution is 2.34. The molecule has 1 atom stereocenters. The summed E-state index contributed by atoms with van der Waals surface area (Å²) in [7, 11) is 0. The van der Waals surface area contributed by atoms with Crippen molar-refractivity contribution < 1.29 is 9.47 Å². The Kier molecular flexibility index (Phi) is 2.86. The lowest BCUT2D eigenvalue weighted by molar-refractivity contribution is 0.301. The quantitative estimate of drug-likeness (QED) is 0.895. The molecule has 1 aliphatic rings. The van der Waals surface area contributed by atoms with Crippen molar-refractivity contribution in [1.82, 2.24) is 4.98 Å². The predicted octanol–water partition coefficient (Wildman–Crippen LogP) is 2.05. The van der Waals surface area contributed by atoms with E-state index in [0.29, 0.717) is 13.2 Å². The van der Waals surface area contributed by atoms with Gasteiger partial charge in [-0.1, -0.05) is 0 Å². The number of nitrogens with two attached hydrogens (primary N) is 1. The Morgan fingerprint density at radius 1 is 1.28 bits per heavy atom. The Morgan fingerprint density at radius 3 is 2.94 bits per heavy atom. The van der Waals surface area contributed by atoms with Crippen LogP contribution in [0.4, 0.5) is 0 Å². The van der Waals surface area contributed by atoms with Gasteiger partial charge in [-0.05, 0) is 29.8 Å². The number of hydrogen-bond donors (Lipinski definition) is 1. The number of hydrogen-bond acceptors (Lipinski definition) is 4. The minimum atomic E-state index is -0.0192. The maximum Gasteiger partial charge on any atom is 0.127 e. The van der Waals surface area contributed by atoms with Gasteiger partial charge in [-0.15, -0.1) is 0 Å². The van der Waals surface area contributed by atoms with Gasteiger partial charge >= 0.3 is 0 Å². The lowest BCUT2D eigenvalue weighted by atomic mass is 10.1. The van der Waals surface area contributed by atoms with Crippen molar-refractivity contribution in [3.05, 3.63) is 53.9 Å².